The number of carbonyl (C=O) groups excluding carboxylic acids is 1. The van der Waals surface area contributed by atoms with E-state index in [-0.39, 0.29) is 4.90 Å². The lowest BCUT2D eigenvalue weighted by atomic mass is 9.99. The van der Waals surface area contributed by atoms with Gasteiger partial charge < -0.3 is 10.1 Å². The number of hydrogen-bond donors (Lipinski definition) is 1. The number of anilines is 1. The second kappa shape index (κ2) is 12.7. The van der Waals surface area contributed by atoms with Gasteiger partial charge in [-0.1, -0.05) is 60.7 Å². The molecule has 0 aromatic heterocycles. The van der Waals surface area contributed by atoms with Crippen LogP contribution in [0, 0.1) is 0 Å². The van der Waals surface area contributed by atoms with Crippen molar-refractivity contribution in [3.05, 3.63) is 120 Å². The molecule has 196 valence electrons. The van der Waals surface area contributed by atoms with Crippen LogP contribution in [0.2, 0.25) is 0 Å². The van der Waals surface area contributed by atoms with Gasteiger partial charge in [-0.15, -0.1) is 11.8 Å². The number of carbonyl (C=O) groups is 1. The van der Waals surface area contributed by atoms with Crippen LogP contribution in [0.4, 0.5) is 5.69 Å². The Labute approximate surface area is 228 Å². The van der Waals surface area contributed by atoms with Gasteiger partial charge in [0.25, 0.3) is 10.0 Å². The molecule has 8 heteroatoms. The van der Waals surface area contributed by atoms with Crippen molar-refractivity contribution >= 4 is 33.4 Å². The molecule has 1 N–H and O–H groups in total. The number of nitrogens with zero attached hydrogens (tertiary/aromatic N) is 1. The Kier molecular flexibility index (Phi) is 9.10. The number of amides is 1. The van der Waals surface area contributed by atoms with E-state index in [2.05, 4.69) is 5.32 Å². The monoisotopic (exact) mass is 546 g/mol. The molecule has 4 rings (SSSR count). The van der Waals surface area contributed by atoms with Gasteiger partial charge >= 0.3 is 0 Å². The summed E-state index contributed by atoms with van der Waals surface area (Å²) in [7, 11) is -4.04. The first-order chi connectivity index (χ1) is 18.4. The Hall–Kier alpha value is -3.75. The molecule has 0 saturated carbocycles. The zero-order valence-electron chi connectivity index (χ0n) is 21.3. The molecular formula is C30H30N2O4S2. The predicted molar refractivity (Wildman–Crippen MR) is 153 cm³/mol. The second-order valence-electron chi connectivity index (χ2n) is 8.44. The zero-order valence-corrected chi connectivity index (χ0v) is 22.9. The van der Waals surface area contributed by atoms with E-state index in [0.717, 1.165) is 20.3 Å². The fourth-order valence-electron chi connectivity index (χ4n) is 4.05. The molecular weight excluding hydrogens is 516 g/mol. The van der Waals surface area contributed by atoms with Crippen LogP contribution < -0.4 is 14.4 Å². The smallest absolute Gasteiger partial charge is 0.264 e. The Bertz CT molecular complexity index is 1390. The topological polar surface area (TPSA) is 75.7 Å². The Morgan fingerprint density at radius 3 is 1.89 bits per heavy atom. The minimum Gasteiger partial charge on any atom is -0.494 e. The standard InChI is InChI=1S/C30H30N2O4S2/c1-3-36-26-16-14-25(15-17-26)32(38(34,35)28-20-18-27(37-2)19-21-28)22-29(33)31-30(23-10-6-4-7-11-23)24-12-8-5-9-13-24/h4-21,30H,3,22H2,1-2H3,(H,31,33). The van der Waals surface area contributed by atoms with Crippen molar-refractivity contribution < 1.29 is 17.9 Å². The number of benzene rings is 4. The molecule has 0 heterocycles. The molecule has 38 heavy (non-hydrogen) atoms. The van der Waals surface area contributed by atoms with Gasteiger partial charge in [0.05, 0.1) is 23.2 Å². The van der Waals surface area contributed by atoms with E-state index in [1.54, 1.807) is 48.5 Å². The van der Waals surface area contributed by atoms with Crippen LogP contribution in [-0.4, -0.2) is 33.7 Å². The normalized spacial score (nSPS) is 11.2. The van der Waals surface area contributed by atoms with Crippen molar-refractivity contribution in [2.75, 3.05) is 23.7 Å². The highest BCUT2D eigenvalue weighted by Crippen LogP contribution is 2.28. The van der Waals surface area contributed by atoms with E-state index in [1.165, 1.54) is 11.8 Å². The van der Waals surface area contributed by atoms with Crippen LogP contribution >= 0.6 is 11.8 Å². The summed E-state index contributed by atoms with van der Waals surface area (Å²) in [6, 6.07) is 32.1. The summed E-state index contributed by atoms with van der Waals surface area (Å²) in [6.07, 6.45) is 1.93. The van der Waals surface area contributed by atoms with Gasteiger partial charge in [-0.3, -0.25) is 9.10 Å². The molecule has 0 fully saturated rings. The first kappa shape index (κ1) is 27.3. The van der Waals surface area contributed by atoms with Crippen LogP contribution in [0.25, 0.3) is 0 Å². The molecule has 4 aromatic carbocycles. The number of rotatable bonds is 11. The third-order valence-corrected chi connectivity index (χ3v) is 8.47. The Balaban J connectivity index is 1.67. The van der Waals surface area contributed by atoms with Crippen molar-refractivity contribution in [1.29, 1.82) is 0 Å². The van der Waals surface area contributed by atoms with E-state index >= 15 is 0 Å². The Morgan fingerprint density at radius 2 is 1.39 bits per heavy atom. The SMILES string of the molecule is CCOc1ccc(N(CC(=O)NC(c2ccccc2)c2ccccc2)S(=O)(=O)c2ccc(SC)cc2)cc1. The first-order valence-electron chi connectivity index (χ1n) is 12.2. The van der Waals surface area contributed by atoms with E-state index in [0.29, 0.717) is 18.0 Å². The Morgan fingerprint density at radius 1 is 0.842 bits per heavy atom. The highest BCUT2D eigenvalue weighted by molar-refractivity contribution is 7.98. The van der Waals surface area contributed by atoms with Crippen molar-refractivity contribution in [2.45, 2.75) is 22.8 Å². The van der Waals surface area contributed by atoms with E-state index in [1.807, 2.05) is 73.8 Å². The first-order valence-corrected chi connectivity index (χ1v) is 14.9. The fourth-order valence-corrected chi connectivity index (χ4v) is 5.88. The summed E-state index contributed by atoms with van der Waals surface area (Å²) in [4.78, 5) is 14.5. The number of sulfonamides is 1. The maximum Gasteiger partial charge on any atom is 0.264 e. The maximum atomic E-state index is 13.8. The van der Waals surface area contributed by atoms with Crippen molar-refractivity contribution in [1.82, 2.24) is 5.32 Å². The summed E-state index contributed by atoms with van der Waals surface area (Å²) in [5.41, 5.74) is 2.17. The summed E-state index contributed by atoms with van der Waals surface area (Å²) in [5, 5.41) is 3.05. The molecule has 0 radical (unpaired) electrons. The highest BCUT2D eigenvalue weighted by Gasteiger charge is 2.28. The van der Waals surface area contributed by atoms with Gasteiger partial charge in [0.1, 0.15) is 12.3 Å². The maximum absolute atomic E-state index is 13.8. The van der Waals surface area contributed by atoms with Gasteiger partial charge in [-0.2, -0.15) is 0 Å². The number of thioether (sulfide) groups is 1. The second-order valence-corrected chi connectivity index (χ2v) is 11.2. The molecule has 0 unspecified atom stereocenters. The average molecular weight is 547 g/mol. The predicted octanol–water partition coefficient (Wildman–Crippen LogP) is 5.91. The summed E-state index contributed by atoms with van der Waals surface area (Å²) < 4.78 is 34.3. The molecule has 0 saturated heterocycles. The van der Waals surface area contributed by atoms with E-state index in [9.17, 15) is 13.2 Å². The van der Waals surface area contributed by atoms with Crippen LogP contribution in [0.3, 0.4) is 0 Å². The van der Waals surface area contributed by atoms with Crippen LogP contribution in [0.15, 0.2) is 119 Å². The van der Waals surface area contributed by atoms with Gasteiger partial charge in [0.2, 0.25) is 5.91 Å². The largest absolute Gasteiger partial charge is 0.494 e. The number of nitrogens with one attached hydrogen (secondary N) is 1. The van der Waals surface area contributed by atoms with Crippen LogP contribution in [-0.2, 0) is 14.8 Å². The number of hydrogen-bond acceptors (Lipinski definition) is 5. The van der Waals surface area contributed by atoms with Crippen LogP contribution in [0.5, 0.6) is 5.75 Å². The van der Waals surface area contributed by atoms with Crippen LogP contribution in [0.1, 0.15) is 24.1 Å². The highest BCUT2D eigenvalue weighted by atomic mass is 32.2. The molecule has 0 aliphatic carbocycles. The molecule has 0 aliphatic rings. The fraction of sp³-hybridized carbons (Fsp3) is 0.167. The number of ether oxygens (including phenoxy) is 1. The average Bonchev–Trinajstić information content (AvgIpc) is 2.96. The molecule has 4 aromatic rings. The molecule has 0 atom stereocenters. The van der Waals surface area contributed by atoms with Crippen molar-refractivity contribution in [3.8, 4) is 5.75 Å². The van der Waals surface area contributed by atoms with Gasteiger partial charge in [0, 0.05) is 4.90 Å². The molecule has 6 nitrogen and oxygen atoms in total. The molecule has 1 amide bonds. The minimum atomic E-state index is -4.04. The quantitative estimate of drug-likeness (QED) is 0.237. The lowest BCUT2D eigenvalue weighted by molar-refractivity contribution is -0.120. The zero-order chi connectivity index (χ0) is 27.0. The van der Waals surface area contributed by atoms with E-state index in [4.69, 9.17) is 4.74 Å². The third kappa shape index (κ3) is 6.57. The van der Waals surface area contributed by atoms with Crippen molar-refractivity contribution in [3.63, 3.8) is 0 Å². The lowest BCUT2D eigenvalue weighted by Crippen LogP contribution is -2.42. The molecule has 0 aliphatic heterocycles. The summed E-state index contributed by atoms with van der Waals surface area (Å²) in [6.45, 7) is 1.98. The minimum absolute atomic E-state index is 0.111. The molecule has 0 bridgehead atoms. The van der Waals surface area contributed by atoms with Crippen molar-refractivity contribution in [2.24, 2.45) is 0 Å². The summed E-state index contributed by atoms with van der Waals surface area (Å²) in [5.74, 6) is 0.191. The molecule has 0 spiro atoms. The summed E-state index contributed by atoms with van der Waals surface area (Å²) >= 11 is 1.53. The third-order valence-electron chi connectivity index (χ3n) is 5.94. The van der Waals surface area contributed by atoms with Gasteiger partial charge in [-0.25, -0.2) is 8.42 Å². The van der Waals surface area contributed by atoms with Gasteiger partial charge in [0.15, 0.2) is 0 Å². The lowest BCUT2D eigenvalue weighted by Gasteiger charge is -2.26. The van der Waals surface area contributed by atoms with E-state index < -0.39 is 28.5 Å². The van der Waals surface area contributed by atoms with Gasteiger partial charge in [-0.05, 0) is 72.8 Å².